The maximum Gasteiger partial charge on any atom is 0.0951 e. The summed E-state index contributed by atoms with van der Waals surface area (Å²) < 4.78 is 2.17. The molecule has 2 N–H and O–H groups in total. The Bertz CT molecular complexity index is 557. The second kappa shape index (κ2) is 6.05. The number of aromatic nitrogens is 3. The summed E-state index contributed by atoms with van der Waals surface area (Å²) in [5.74, 6) is 0. The van der Waals surface area contributed by atoms with Crippen LogP contribution in [0.4, 0.5) is 5.69 Å². The van der Waals surface area contributed by atoms with Gasteiger partial charge in [0, 0.05) is 36.7 Å². The van der Waals surface area contributed by atoms with Gasteiger partial charge in [-0.1, -0.05) is 6.42 Å². The quantitative estimate of drug-likeness (QED) is 0.924. The third-order valence-electron chi connectivity index (χ3n) is 3.95. The van der Waals surface area contributed by atoms with E-state index in [-0.39, 0.29) is 0 Å². The van der Waals surface area contributed by atoms with Crippen molar-refractivity contribution in [3.8, 4) is 11.3 Å². The van der Waals surface area contributed by atoms with Crippen LogP contribution >= 0.6 is 0 Å². The highest BCUT2D eigenvalue weighted by molar-refractivity contribution is 5.72. The average molecular weight is 271 g/mol. The molecule has 0 radical (unpaired) electrons. The van der Waals surface area contributed by atoms with E-state index in [4.69, 9.17) is 5.73 Å². The highest BCUT2D eigenvalue weighted by Crippen LogP contribution is 2.24. The normalized spacial score (nSPS) is 16.4. The molecule has 0 saturated carbocycles. The number of nitrogen functional groups attached to an aromatic ring is 1. The van der Waals surface area contributed by atoms with Crippen LogP contribution in [0, 0.1) is 0 Å². The molecule has 0 amide bonds. The molecule has 2 aromatic rings. The Labute approximate surface area is 119 Å². The Morgan fingerprint density at radius 3 is 2.70 bits per heavy atom. The molecule has 1 aliphatic rings. The minimum atomic E-state index is 0.750. The van der Waals surface area contributed by atoms with Gasteiger partial charge in [0.2, 0.25) is 0 Å². The molecule has 0 aromatic carbocycles. The van der Waals surface area contributed by atoms with Gasteiger partial charge in [-0.2, -0.15) is 0 Å². The number of imidazole rings is 1. The van der Waals surface area contributed by atoms with E-state index in [2.05, 4.69) is 19.4 Å². The van der Waals surface area contributed by atoms with E-state index in [1.165, 1.54) is 32.4 Å². The Morgan fingerprint density at radius 2 is 1.90 bits per heavy atom. The van der Waals surface area contributed by atoms with E-state index in [9.17, 15) is 0 Å². The van der Waals surface area contributed by atoms with Crippen LogP contribution in [-0.4, -0.2) is 39.1 Å². The van der Waals surface area contributed by atoms with Gasteiger partial charge in [-0.25, -0.2) is 4.98 Å². The lowest BCUT2D eigenvalue weighted by atomic mass is 10.1. The van der Waals surface area contributed by atoms with Crippen molar-refractivity contribution in [3.05, 3.63) is 31.0 Å². The second-order valence-electron chi connectivity index (χ2n) is 5.34. The molecule has 1 saturated heterocycles. The first-order valence-electron chi connectivity index (χ1n) is 7.27. The summed E-state index contributed by atoms with van der Waals surface area (Å²) in [6.07, 6.45) is 11.3. The number of rotatable bonds is 4. The Balaban J connectivity index is 1.72. The Hall–Kier alpha value is -1.88. The maximum absolute atomic E-state index is 6.03. The van der Waals surface area contributed by atoms with Crippen molar-refractivity contribution in [3.63, 3.8) is 0 Å². The number of hydrogen-bond acceptors (Lipinski definition) is 4. The zero-order valence-corrected chi connectivity index (χ0v) is 11.7. The molecule has 106 valence electrons. The second-order valence-corrected chi connectivity index (χ2v) is 5.34. The van der Waals surface area contributed by atoms with Gasteiger partial charge in [-0.05, 0) is 32.0 Å². The predicted molar refractivity (Wildman–Crippen MR) is 80.2 cm³/mol. The van der Waals surface area contributed by atoms with Crippen molar-refractivity contribution >= 4 is 5.69 Å². The average Bonchev–Trinajstić information content (AvgIpc) is 2.95. The molecule has 0 bridgehead atoms. The number of piperidine rings is 1. The standard InChI is InChI=1S/C15H21N5/c16-14-4-5-17-10-13(14)15-11-18-12-20(15)9-8-19-6-2-1-3-7-19/h4-5,10-12H,1-3,6-9H2,(H2,16,17). The molecule has 1 aliphatic heterocycles. The molecule has 3 heterocycles. The molecule has 20 heavy (non-hydrogen) atoms. The van der Waals surface area contributed by atoms with Gasteiger partial charge in [0.05, 0.1) is 18.2 Å². The highest BCUT2D eigenvalue weighted by Gasteiger charge is 2.12. The summed E-state index contributed by atoms with van der Waals surface area (Å²) in [6, 6.07) is 1.83. The van der Waals surface area contributed by atoms with E-state index in [1.807, 2.05) is 24.8 Å². The Morgan fingerprint density at radius 1 is 1.05 bits per heavy atom. The smallest absolute Gasteiger partial charge is 0.0951 e. The minimum absolute atomic E-state index is 0.750. The van der Waals surface area contributed by atoms with E-state index < -0.39 is 0 Å². The molecule has 2 aromatic heterocycles. The minimum Gasteiger partial charge on any atom is -0.398 e. The van der Waals surface area contributed by atoms with Gasteiger partial charge < -0.3 is 15.2 Å². The molecule has 5 heteroatoms. The summed E-state index contributed by atoms with van der Waals surface area (Å²) in [4.78, 5) is 11.0. The van der Waals surface area contributed by atoms with Crippen LogP contribution in [0.1, 0.15) is 19.3 Å². The lowest BCUT2D eigenvalue weighted by Gasteiger charge is -2.26. The third kappa shape index (κ3) is 2.82. The molecule has 1 fully saturated rings. The van der Waals surface area contributed by atoms with Crippen LogP contribution in [0.3, 0.4) is 0 Å². The van der Waals surface area contributed by atoms with Crippen molar-refractivity contribution in [2.75, 3.05) is 25.4 Å². The summed E-state index contributed by atoms with van der Waals surface area (Å²) in [5, 5.41) is 0. The van der Waals surface area contributed by atoms with Gasteiger partial charge in [-0.15, -0.1) is 0 Å². The largest absolute Gasteiger partial charge is 0.398 e. The first-order valence-corrected chi connectivity index (χ1v) is 7.27. The third-order valence-corrected chi connectivity index (χ3v) is 3.95. The highest BCUT2D eigenvalue weighted by atomic mass is 15.2. The van der Waals surface area contributed by atoms with E-state index >= 15 is 0 Å². The van der Waals surface area contributed by atoms with Crippen molar-refractivity contribution in [1.29, 1.82) is 0 Å². The number of anilines is 1. The summed E-state index contributed by atoms with van der Waals surface area (Å²) >= 11 is 0. The number of likely N-dealkylation sites (tertiary alicyclic amines) is 1. The van der Waals surface area contributed by atoms with Gasteiger partial charge in [-0.3, -0.25) is 4.98 Å². The molecule has 3 rings (SSSR count). The topological polar surface area (TPSA) is 60.0 Å². The molecule has 0 atom stereocenters. The van der Waals surface area contributed by atoms with Gasteiger partial charge in [0.15, 0.2) is 0 Å². The number of pyridine rings is 1. The molecule has 0 unspecified atom stereocenters. The van der Waals surface area contributed by atoms with E-state index in [0.29, 0.717) is 0 Å². The fourth-order valence-electron chi connectivity index (χ4n) is 2.77. The zero-order chi connectivity index (χ0) is 13.8. The van der Waals surface area contributed by atoms with Gasteiger partial charge >= 0.3 is 0 Å². The van der Waals surface area contributed by atoms with Crippen LogP contribution in [0.25, 0.3) is 11.3 Å². The maximum atomic E-state index is 6.03. The van der Waals surface area contributed by atoms with Crippen LogP contribution in [0.15, 0.2) is 31.0 Å². The van der Waals surface area contributed by atoms with Crippen LogP contribution in [0.5, 0.6) is 0 Å². The van der Waals surface area contributed by atoms with Gasteiger partial charge in [0.1, 0.15) is 0 Å². The van der Waals surface area contributed by atoms with Crippen LogP contribution < -0.4 is 5.73 Å². The first kappa shape index (κ1) is 13.1. The van der Waals surface area contributed by atoms with E-state index in [1.54, 1.807) is 6.20 Å². The van der Waals surface area contributed by atoms with Crippen molar-refractivity contribution in [2.45, 2.75) is 25.8 Å². The molecular formula is C15H21N5. The van der Waals surface area contributed by atoms with Crippen LogP contribution in [-0.2, 0) is 6.54 Å². The molecule has 5 nitrogen and oxygen atoms in total. The predicted octanol–water partition coefficient (Wildman–Crippen LogP) is 2.01. The number of nitrogens with two attached hydrogens (primary N) is 1. The number of hydrogen-bond donors (Lipinski definition) is 1. The number of nitrogens with zero attached hydrogens (tertiary/aromatic N) is 4. The van der Waals surface area contributed by atoms with Crippen molar-refractivity contribution < 1.29 is 0 Å². The van der Waals surface area contributed by atoms with Crippen LogP contribution in [0.2, 0.25) is 0 Å². The summed E-state index contributed by atoms with van der Waals surface area (Å²) in [6.45, 7) is 4.46. The molecular weight excluding hydrogens is 250 g/mol. The first-order chi connectivity index (χ1) is 9.84. The fraction of sp³-hybridized carbons (Fsp3) is 0.467. The molecule has 0 aliphatic carbocycles. The molecule has 0 spiro atoms. The lowest BCUT2D eigenvalue weighted by molar-refractivity contribution is 0.221. The Kier molecular flexibility index (Phi) is 3.97. The summed E-state index contributed by atoms with van der Waals surface area (Å²) in [5.41, 5.74) is 8.79. The van der Waals surface area contributed by atoms with Gasteiger partial charge in [0.25, 0.3) is 0 Å². The lowest BCUT2D eigenvalue weighted by Crippen LogP contribution is -2.32. The van der Waals surface area contributed by atoms with Crippen molar-refractivity contribution in [2.24, 2.45) is 0 Å². The monoisotopic (exact) mass is 271 g/mol. The van der Waals surface area contributed by atoms with E-state index in [0.717, 1.165) is 30.0 Å². The zero-order valence-electron chi connectivity index (χ0n) is 11.7. The fourth-order valence-corrected chi connectivity index (χ4v) is 2.77. The summed E-state index contributed by atoms with van der Waals surface area (Å²) in [7, 11) is 0. The van der Waals surface area contributed by atoms with Crippen molar-refractivity contribution in [1.82, 2.24) is 19.4 Å². The SMILES string of the molecule is Nc1ccncc1-c1cncn1CCN1CCCCC1.